The van der Waals surface area contributed by atoms with E-state index < -0.39 is 6.10 Å². The number of rotatable bonds is 17. The van der Waals surface area contributed by atoms with Crippen LogP contribution in [0.25, 0.3) is 0 Å². The van der Waals surface area contributed by atoms with Gasteiger partial charge in [0, 0.05) is 6.54 Å². The first-order valence-corrected chi connectivity index (χ1v) is 11.3. The summed E-state index contributed by atoms with van der Waals surface area (Å²) in [4.78, 5) is 2.41. The summed E-state index contributed by atoms with van der Waals surface area (Å²) in [6, 6.07) is 6.27. The number of benzene rings is 1. The summed E-state index contributed by atoms with van der Waals surface area (Å²) in [7, 11) is 0. The van der Waals surface area contributed by atoms with Gasteiger partial charge in [-0.15, -0.1) is 0 Å². The van der Waals surface area contributed by atoms with Crippen molar-refractivity contribution < 1.29 is 9.50 Å². The van der Waals surface area contributed by atoms with Crippen LogP contribution in [0.1, 0.15) is 103 Å². The number of aliphatic hydroxyl groups is 1. The minimum atomic E-state index is -0.536. The molecule has 3 heteroatoms. The van der Waals surface area contributed by atoms with Crippen molar-refractivity contribution in [2.45, 2.75) is 97.0 Å². The van der Waals surface area contributed by atoms with Gasteiger partial charge < -0.3 is 10.0 Å². The maximum Gasteiger partial charge on any atom is 0.123 e. The Balaban J connectivity index is 2.39. The van der Waals surface area contributed by atoms with E-state index in [9.17, 15) is 9.50 Å². The Morgan fingerprint density at radius 2 is 1.19 bits per heavy atom. The molecule has 0 fully saturated rings. The number of aliphatic hydroxyl groups excluding tert-OH is 1. The quantitative estimate of drug-likeness (QED) is 0.298. The van der Waals surface area contributed by atoms with Crippen molar-refractivity contribution in [1.82, 2.24) is 4.90 Å². The lowest BCUT2D eigenvalue weighted by Gasteiger charge is -2.25. The van der Waals surface area contributed by atoms with Crippen molar-refractivity contribution in [3.63, 3.8) is 0 Å². The Hall–Kier alpha value is -0.930. The number of halogens is 1. The molecule has 1 aromatic rings. The molecule has 0 aromatic heterocycles. The van der Waals surface area contributed by atoms with Gasteiger partial charge >= 0.3 is 0 Å². The van der Waals surface area contributed by atoms with Crippen LogP contribution in [0.15, 0.2) is 24.3 Å². The number of hydrogen-bond acceptors (Lipinski definition) is 2. The molecule has 0 amide bonds. The van der Waals surface area contributed by atoms with Crippen LogP contribution < -0.4 is 0 Å². The van der Waals surface area contributed by atoms with Gasteiger partial charge in [0.25, 0.3) is 0 Å². The zero-order valence-corrected chi connectivity index (χ0v) is 17.8. The summed E-state index contributed by atoms with van der Waals surface area (Å²) in [5, 5.41) is 10.6. The van der Waals surface area contributed by atoms with E-state index in [4.69, 9.17) is 0 Å². The standard InChI is InChI=1S/C24H42FNO/c1-3-5-7-9-11-13-19-26(20-14-12-10-8-6-4-2)21-24(27)22-15-17-23(25)18-16-22/h15-18,24,27H,3-14,19-21H2,1-2H3. The average Bonchev–Trinajstić information content (AvgIpc) is 2.67. The SMILES string of the molecule is CCCCCCCCN(CCCCCCCC)CC(O)c1ccc(F)cc1. The highest BCUT2D eigenvalue weighted by Gasteiger charge is 2.13. The van der Waals surface area contributed by atoms with Crippen LogP contribution in [0.5, 0.6) is 0 Å². The molecular weight excluding hydrogens is 337 g/mol. The summed E-state index contributed by atoms with van der Waals surface area (Å²) in [6.45, 7) is 7.26. The molecule has 1 atom stereocenters. The largest absolute Gasteiger partial charge is 0.387 e. The topological polar surface area (TPSA) is 23.5 Å². The van der Waals surface area contributed by atoms with Crippen LogP contribution in [0.3, 0.4) is 0 Å². The molecule has 2 nitrogen and oxygen atoms in total. The van der Waals surface area contributed by atoms with Crippen molar-refractivity contribution in [1.29, 1.82) is 0 Å². The molecule has 27 heavy (non-hydrogen) atoms. The van der Waals surface area contributed by atoms with E-state index in [-0.39, 0.29) is 5.82 Å². The zero-order chi connectivity index (χ0) is 19.7. The van der Waals surface area contributed by atoms with E-state index in [0.29, 0.717) is 6.54 Å². The van der Waals surface area contributed by atoms with Gasteiger partial charge in [0.2, 0.25) is 0 Å². The van der Waals surface area contributed by atoms with Gasteiger partial charge in [-0.3, -0.25) is 0 Å². The van der Waals surface area contributed by atoms with Gasteiger partial charge in [0.05, 0.1) is 6.10 Å². The fourth-order valence-electron chi connectivity index (χ4n) is 3.56. The van der Waals surface area contributed by atoms with Gasteiger partial charge in [0.15, 0.2) is 0 Å². The molecule has 1 unspecified atom stereocenters. The number of hydrogen-bond donors (Lipinski definition) is 1. The molecule has 0 radical (unpaired) electrons. The Morgan fingerprint density at radius 1 is 0.741 bits per heavy atom. The van der Waals surface area contributed by atoms with E-state index in [0.717, 1.165) is 18.7 Å². The summed E-state index contributed by atoms with van der Waals surface area (Å²) in [5.41, 5.74) is 0.812. The first-order valence-electron chi connectivity index (χ1n) is 11.3. The van der Waals surface area contributed by atoms with Crippen LogP contribution in [0, 0.1) is 5.82 Å². The van der Waals surface area contributed by atoms with Crippen molar-refractivity contribution >= 4 is 0 Å². The molecule has 0 aliphatic heterocycles. The highest BCUT2D eigenvalue weighted by Crippen LogP contribution is 2.17. The lowest BCUT2D eigenvalue weighted by atomic mass is 10.1. The predicted octanol–water partition coefficient (Wildman–Crippen LogP) is 6.88. The summed E-state index contributed by atoms with van der Waals surface area (Å²) >= 11 is 0. The molecule has 0 spiro atoms. The number of unbranched alkanes of at least 4 members (excludes halogenated alkanes) is 10. The van der Waals surface area contributed by atoms with Crippen LogP contribution in [-0.2, 0) is 0 Å². The second kappa shape index (κ2) is 16.1. The van der Waals surface area contributed by atoms with E-state index in [1.165, 1.54) is 89.2 Å². The lowest BCUT2D eigenvalue weighted by Crippen LogP contribution is -2.31. The van der Waals surface area contributed by atoms with Gasteiger partial charge in [-0.1, -0.05) is 90.2 Å². The van der Waals surface area contributed by atoms with E-state index in [1.54, 1.807) is 12.1 Å². The second-order valence-electron chi connectivity index (χ2n) is 7.90. The predicted molar refractivity (Wildman–Crippen MR) is 115 cm³/mol. The van der Waals surface area contributed by atoms with Gasteiger partial charge in [-0.2, -0.15) is 0 Å². The van der Waals surface area contributed by atoms with Crippen molar-refractivity contribution in [2.75, 3.05) is 19.6 Å². The van der Waals surface area contributed by atoms with Crippen molar-refractivity contribution in [3.05, 3.63) is 35.6 Å². The van der Waals surface area contributed by atoms with Crippen LogP contribution >= 0.6 is 0 Å². The Morgan fingerprint density at radius 3 is 1.67 bits per heavy atom. The second-order valence-corrected chi connectivity index (χ2v) is 7.90. The summed E-state index contributed by atoms with van der Waals surface area (Å²) < 4.78 is 13.1. The van der Waals surface area contributed by atoms with E-state index in [1.807, 2.05) is 0 Å². The monoisotopic (exact) mass is 379 g/mol. The molecule has 0 saturated carbocycles. The normalized spacial score (nSPS) is 12.6. The Labute approximate surface area is 167 Å². The maximum absolute atomic E-state index is 13.1. The van der Waals surface area contributed by atoms with Gasteiger partial charge in [-0.05, 0) is 43.6 Å². The van der Waals surface area contributed by atoms with Gasteiger partial charge in [0.1, 0.15) is 5.82 Å². The summed E-state index contributed by atoms with van der Waals surface area (Å²) in [6.07, 6.45) is 15.0. The molecule has 0 heterocycles. The molecule has 0 saturated heterocycles. The molecule has 0 bridgehead atoms. The molecule has 0 aliphatic rings. The molecule has 1 N–H and O–H groups in total. The highest BCUT2D eigenvalue weighted by atomic mass is 19.1. The molecular formula is C24H42FNO. The maximum atomic E-state index is 13.1. The molecule has 0 aliphatic carbocycles. The number of nitrogens with zero attached hydrogens (tertiary/aromatic N) is 1. The molecule has 1 aromatic carbocycles. The minimum Gasteiger partial charge on any atom is -0.387 e. The third kappa shape index (κ3) is 12.2. The van der Waals surface area contributed by atoms with Crippen molar-refractivity contribution in [3.8, 4) is 0 Å². The summed E-state index contributed by atoms with van der Waals surface area (Å²) in [5.74, 6) is -0.248. The van der Waals surface area contributed by atoms with Crippen LogP contribution in [0.4, 0.5) is 4.39 Å². The highest BCUT2D eigenvalue weighted by molar-refractivity contribution is 5.18. The fraction of sp³-hybridized carbons (Fsp3) is 0.750. The minimum absolute atomic E-state index is 0.248. The van der Waals surface area contributed by atoms with Crippen LogP contribution in [0.2, 0.25) is 0 Å². The smallest absolute Gasteiger partial charge is 0.123 e. The molecule has 1 rings (SSSR count). The third-order valence-electron chi connectivity index (χ3n) is 5.34. The Kier molecular flexibility index (Phi) is 14.3. The average molecular weight is 380 g/mol. The van der Waals surface area contributed by atoms with E-state index >= 15 is 0 Å². The van der Waals surface area contributed by atoms with Gasteiger partial charge in [-0.25, -0.2) is 4.39 Å². The third-order valence-corrected chi connectivity index (χ3v) is 5.34. The fourth-order valence-corrected chi connectivity index (χ4v) is 3.56. The first-order chi connectivity index (χ1) is 13.2. The molecule has 156 valence electrons. The van der Waals surface area contributed by atoms with Crippen molar-refractivity contribution in [2.24, 2.45) is 0 Å². The Bertz CT molecular complexity index is 432. The van der Waals surface area contributed by atoms with Crippen LogP contribution in [-0.4, -0.2) is 29.6 Å². The first kappa shape index (κ1) is 24.1. The zero-order valence-electron chi connectivity index (χ0n) is 17.8. The lowest BCUT2D eigenvalue weighted by molar-refractivity contribution is 0.110. The van der Waals surface area contributed by atoms with E-state index in [2.05, 4.69) is 18.7 Å².